The molecule has 1 aromatic heterocycles. The van der Waals surface area contributed by atoms with Gasteiger partial charge in [0.05, 0.1) is 16.1 Å². The summed E-state index contributed by atoms with van der Waals surface area (Å²) in [7, 11) is 1.58. The van der Waals surface area contributed by atoms with Gasteiger partial charge in [0, 0.05) is 26.1 Å². The summed E-state index contributed by atoms with van der Waals surface area (Å²) in [5.74, 6) is -0.351. The van der Waals surface area contributed by atoms with Crippen molar-refractivity contribution in [2.75, 3.05) is 12.4 Å². The predicted octanol–water partition coefficient (Wildman–Crippen LogP) is 6.12. The van der Waals surface area contributed by atoms with Crippen molar-refractivity contribution in [2.45, 2.75) is 31.2 Å². The highest BCUT2D eigenvalue weighted by atomic mass is 35.5. The first-order valence-corrected chi connectivity index (χ1v) is 10.6. The van der Waals surface area contributed by atoms with Gasteiger partial charge in [0.2, 0.25) is 0 Å². The number of hydrogen-bond acceptors (Lipinski definition) is 3. The Bertz CT molecular complexity index is 1130. The average Bonchev–Trinajstić information content (AvgIpc) is 3.18. The topological polar surface area (TPSA) is 50.2 Å². The smallest absolute Gasteiger partial charge is 0.363 e. The molecule has 1 amide bonds. The zero-order chi connectivity index (χ0) is 23.0. The zero-order valence-corrected chi connectivity index (χ0v) is 18.4. The van der Waals surface area contributed by atoms with Crippen LogP contribution < -0.4 is 5.32 Å². The van der Waals surface area contributed by atoms with E-state index in [1.165, 1.54) is 11.0 Å². The SMILES string of the molecule is CN(Cc1ccccc1)C(=O)c1cc2n(n1)[C@H](C(F)(F)F)C[C@@H](c1ccc(Cl)c(Cl)c1)N2. The summed E-state index contributed by atoms with van der Waals surface area (Å²) in [6, 6.07) is 12.8. The zero-order valence-electron chi connectivity index (χ0n) is 16.9. The monoisotopic (exact) mass is 482 g/mol. The molecule has 0 unspecified atom stereocenters. The van der Waals surface area contributed by atoms with E-state index in [2.05, 4.69) is 10.4 Å². The van der Waals surface area contributed by atoms with Crippen LogP contribution in [0.3, 0.4) is 0 Å². The molecule has 0 bridgehead atoms. The normalized spacial score (nSPS) is 18.1. The van der Waals surface area contributed by atoms with Crippen LogP contribution in [0.2, 0.25) is 10.0 Å². The molecule has 10 heteroatoms. The number of carbonyl (C=O) groups is 1. The molecular formula is C22H19Cl2F3N4O. The average molecular weight is 483 g/mol. The van der Waals surface area contributed by atoms with Crippen molar-refractivity contribution >= 4 is 34.9 Å². The van der Waals surface area contributed by atoms with E-state index in [-0.39, 0.29) is 23.0 Å². The number of anilines is 1. The van der Waals surface area contributed by atoms with Crippen LogP contribution >= 0.6 is 23.2 Å². The van der Waals surface area contributed by atoms with E-state index in [1.54, 1.807) is 25.2 Å². The molecule has 1 N–H and O–H groups in total. The Morgan fingerprint density at radius 3 is 2.53 bits per heavy atom. The summed E-state index contributed by atoms with van der Waals surface area (Å²) in [6.07, 6.45) is -4.85. The van der Waals surface area contributed by atoms with Crippen molar-refractivity contribution in [3.05, 3.63) is 81.5 Å². The van der Waals surface area contributed by atoms with Gasteiger partial charge in [0.1, 0.15) is 5.82 Å². The van der Waals surface area contributed by atoms with Crippen LogP contribution in [0.15, 0.2) is 54.6 Å². The van der Waals surface area contributed by atoms with Crippen LogP contribution in [0.25, 0.3) is 0 Å². The number of amides is 1. The number of fused-ring (bicyclic) bond motifs is 1. The van der Waals surface area contributed by atoms with Crippen LogP contribution in [0, 0.1) is 0 Å². The summed E-state index contributed by atoms with van der Waals surface area (Å²) in [4.78, 5) is 14.3. The molecule has 1 aliphatic heterocycles. The number of rotatable bonds is 4. The number of halogens is 5. The predicted molar refractivity (Wildman–Crippen MR) is 117 cm³/mol. The van der Waals surface area contributed by atoms with Gasteiger partial charge in [0.25, 0.3) is 5.91 Å². The van der Waals surface area contributed by atoms with E-state index >= 15 is 0 Å². The molecule has 168 valence electrons. The van der Waals surface area contributed by atoms with Crippen LogP contribution in [-0.4, -0.2) is 33.8 Å². The van der Waals surface area contributed by atoms with E-state index < -0.39 is 24.2 Å². The Hall–Kier alpha value is -2.71. The Kier molecular flexibility index (Phi) is 6.09. The fraction of sp³-hybridized carbons (Fsp3) is 0.273. The maximum absolute atomic E-state index is 13.9. The molecule has 4 rings (SSSR count). The first-order valence-electron chi connectivity index (χ1n) is 9.80. The lowest BCUT2D eigenvalue weighted by molar-refractivity contribution is -0.173. The van der Waals surface area contributed by atoms with Gasteiger partial charge in [-0.25, -0.2) is 4.68 Å². The van der Waals surface area contributed by atoms with Gasteiger partial charge in [-0.15, -0.1) is 0 Å². The van der Waals surface area contributed by atoms with Crippen molar-refractivity contribution in [1.29, 1.82) is 0 Å². The Morgan fingerprint density at radius 1 is 1.16 bits per heavy atom. The van der Waals surface area contributed by atoms with Crippen molar-refractivity contribution in [3.8, 4) is 0 Å². The van der Waals surface area contributed by atoms with Crippen LogP contribution in [-0.2, 0) is 6.54 Å². The fourth-order valence-electron chi connectivity index (χ4n) is 3.75. The number of hydrogen-bond donors (Lipinski definition) is 1. The number of carbonyl (C=O) groups excluding carboxylic acids is 1. The second-order valence-electron chi connectivity index (χ2n) is 7.67. The third-order valence-electron chi connectivity index (χ3n) is 5.36. The minimum Gasteiger partial charge on any atom is -0.363 e. The third-order valence-corrected chi connectivity index (χ3v) is 6.10. The largest absolute Gasteiger partial charge is 0.410 e. The molecule has 0 fully saturated rings. The van der Waals surface area contributed by atoms with Crippen LogP contribution in [0.1, 0.15) is 40.1 Å². The molecular weight excluding hydrogens is 464 g/mol. The van der Waals surface area contributed by atoms with Crippen LogP contribution in [0.5, 0.6) is 0 Å². The summed E-state index contributed by atoms with van der Waals surface area (Å²) in [6.45, 7) is 0.309. The van der Waals surface area contributed by atoms with Gasteiger partial charge in [-0.3, -0.25) is 4.79 Å². The first-order chi connectivity index (χ1) is 15.1. The summed E-state index contributed by atoms with van der Waals surface area (Å²) >= 11 is 12.0. The lowest BCUT2D eigenvalue weighted by atomic mass is 9.97. The van der Waals surface area contributed by atoms with E-state index in [9.17, 15) is 18.0 Å². The van der Waals surface area contributed by atoms with Crippen LogP contribution in [0.4, 0.5) is 19.0 Å². The van der Waals surface area contributed by atoms with Crippen molar-refractivity contribution in [3.63, 3.8) is 0 Å². The summed E-state index contributed by atoms with van der Waals surface area (Å²) in [5, 5.41) is 7.64. The molecule has 5 nitrogen and oxygen atoms in total. The molecule has 1 aliphatic rings. The summed E-state index contributed by atoms with van der Waals surface area (Å²) < 4.78 is 42.5. The Morgan fingerprint density at radius 2 is 1.88 bits per heavy atom. The Balaban J connectivity index is 1.63. The van der Waals surface area contributed by atoms with E-state index in [0.29, 0.717) is 17.1 Å². The third kappa shape index (κ3) is 4.56. The van der Waals surface area contributed by atoms with Crippen molar-refractivity contribution in [2.24, 2.45) is 0 Å². The molecule has 0 saturated heterocycles. The first kappa shape index (κ1) is 22.5. The van der Waals surface area contributed by atoms with Gasteiger partial charge < -0.3 is 10.2 Å². The minimum absolute atomic E-state index is 0.0602. The molecule has 2 heterocycles. The standard InChI is InChI=1S/C22H19Cl2F3N4O/c1-30(12-13-5-3-2-4-6-13)21(32)18-11-20-28-17(14-7-8-15(23)16(24)9-14)10-19(22(25,26)27)31(20)29-18/h2-9,11,17,19,28H,10,12H2,1H3/t17-,19-/m0/s1. The molecule has 0 saturated carbocycles. The second-order valence-corrected chi connectivity index (χ2v) is 8.48. The molecule has 2 atom stereocenters. The number of alkyl halides is 3. The maximum atomic E-state index is 13.9. The highest BCUT2D eigenvalue weighted by Crippen LogP contribution is 2.44. The molecule has 0 spiro atoms. The molecule has 0 radical (unpaired) electrons. The molecule has 3 aromatic rings. The van der Waals surface area contributed by atoms with Gasteiger partial charge in [0.15, 0.2) is 11.7 Å². The van der Waals surface area contributed by atoms with E-state index in [0.717, 1.165) is 10.2 Å². The minimum atomic E-state index is -4.55. The van der Waals surface area contributed by atoms with Crippen molar-refractivity contribution < 1.29 is 18.0 Å². The van der Waals surface area contributed by atoms with Gasteiger partial charge in [-0.05, 0) is 23.3 Å². The number of benzene rings is 2. The lowest BCUT2D eigenvalue weighted by Gasteiger charge is -2.33. The second kappa shape index (κ2) is 8.67. The van der Waals surface area contributed by atoms with Crippen molar-refractivity contribution in [1.82, 2.24) is 14.7 Å². The quantitative estimate of drug-likeness (QED) is 0.487. The van der Waals surface area contributed by atoms with Gasteiger partial charge >= 0.3 is 6.18 Å². The number of aromatic nitrogens is 2. The van der Waals surface area contributed by atoms with Gasteiger partial charge in [-0.2, -0.15) is 18.3 Å². The van der Waals surface area contributed by atoms with E-state index in [4.69, 9.17) is 23.2 Å². The highest BCUT2D eigenvalue weighted by Gasteiger charge is 2.47. The summed E-state index contributed by atoms with van der Waals surface area (Å²) in [5.41, 5.74) is 1.41. The maximum Gasteiger partial charge on any atom is 0.410 e. The molecule has 32 heavy (non-hydrogen) atoms. The van der Waals surface area contributed by atoms with E-state index in [1.807, 2.05) is 30.3 Å². The molecule has 2 aromatic carbocycles. The Labute approximate surface area is 192 Å². The highest BCUT2D eigenvalue weighted by molar-refractivity contribution is 6.42. The number of nitrogens with zero attached hydrogens (tertiary/aromatic N) is 3. The fourth-order valence-corrected chi connectivity index (χ4v) is 4.06. The lowest BCUT2D eigenvalue weighted by Crippen LogP contribution is -2.35. The number of nitrogens with one attached hydrogen (secondary N) is 1. The molecule has 0 aliphatic carbocycles. The van der Waals surface area contributed by atoms with Gasteiger partial charge in [-0.1, -0.05) is 59.6 Å².